The Morgan fingerprint density at radius 1 is 1.26 bits per heavy atom. The molecule has 0 aliphatic heterocycles. The van der Waals surface area contributed by atoms with Crippen molar-refractivity contribution in [1.82, 2.24) is 10.6 Å². The molecule has 1 aliphatic rings. The first kappa shape index (κ1) is 15.8. The lowest BCUT2D eigenvalue weighted by Gasteiger charge is -2.33. The largest absolute Gasteiger partial charge is 0.480 e. The molecular formula is C14H26N2O3. The van der Waals surface area contributed by atoms with E-state index in [4.69, 9.17) is 5.11 Å². The van der Waals surface area contributed by atoms with Crippen molar-refractivity contribution >= 4 is 12.0 Å². The average molecular weight is 270 g/mol. The summed E-state index contributed by atoms with van der Waals surface area (Å²) in [6.07, 6.45) is 7.16. The monoisotopic (exact) mass is 270 g/mol. The van der Waals surface area contributed by atoms with Crippen molar-refractivity contribution < 1.29 is 14.7 Å². The van der Waals surface area contributed by atoms with Gasteiger partial charge in [0.2, 0.25) is 0 Å². The van der Waals surface area contributed by atoms with Gasteiger partial charge in [0.1, 0.15) is 6.04 Å². The van der Waals surface area contributed by atoms with Crippen molar-refractivity contribution in [1.29, 1.82) is 0 Å². The summed E-state index contributed by atoms with van der Waals surface area (Å²) in [5.74, 6) is -0.971. The van der Waals surface area contributed by atoms with Gasteiger partial charge in [-0.1, -0.05) is 39.5 Å². The second-order valence-electron chi connectivity index (χ2n) is 5.88. The van der Waals surface area contributed by atoms with E-state index in [2.05, 4.69) is 17.6 Å². The maximum atomic E-state index is 11.7. The molecule has 0 saturated heterocycles. The van der Waals surface area contributed by atoms with E-state index in [-0.39, 0.29) is 11.4 Å². The van der Waals surface area contributed by atoms with Crippen LogP contribution in [0.1, 0.15) is 58.8 Å². The van der Waals surface area contributed by atoms with E-state index in [9.17, 15) is 9.59 Å². The van der Waals surface area contributed by atoms with Gasteiger partial charge in [0, 0.05) is 6.54 Å². The Morgan fingerprint density at radius 2 is 1.89 bits per heavy atom. The fraction of sp³-hybridized carbons (Fsp3) is 0.857. The molecule has 0 spiro atoms. The first-order valence-electron chi connectivity index (χ1n) is 7.24. The molecule has 110 valence electrons. The molecule has 0 aromatic rings. The van der Waals surface area contributed by atoms with Crippen LogP contribution in [0.5, 0.6) is 0 Å². The minimum Gasteiger partial charge on any atom is -0.480 e. The molecule has 3 N–H and O–H groups in total. The van der Waals surface area contributed by atoms with Crippen molar-refractivity contribution in [2.45, 2.75) is 64.8 Å². The summed E-state index contributed by atoms with van der Waals surface area (Å²) in [5.41, 5.74) is 0.166. The molecule has 1 atom stereocenters. The third-order valence-corrected chi connectivity index (χ3v) is 3.92. The van der Waals surface area contributed by atoms with Crippen molar-refractivity contribution in [3.05, 3.63) is 0 Å². The Hall–Kier alpha value is -1.26. The van der Waals surface area contributed by atoms with Gasteiger partial charge in [0.15, 0.2) is 0 Å². The van der Waals surface area contributed by atoms with E-state index in [1.165, 1.54) is 19.3 Å². The lowest BCUT2D eigenvalue weighted by atomic mass is 9.76. The minimum absolute atomic E-state index is 0.166. The number of carboxylic acid groups (broad SMARTS) is 1. The van der Waals surface area contributed by atoms with Gasteiger partial charge in [-0.15, -0.1) is 0 Å². The standard InChI is InChI=1S/C14H26N2O3/c1-3-7-11(12(17)18)16-13(19)15-10-14(2)8-5-4-6-9-14/h11H,3-10H2,1-2H3,(H,17,18)(H2,15,16,19)/t11-/m0/s1. The smallest absolute Gasteiger partial charge is 0.326 e. The molecule has 1 aliphatic carbocycles. The third-order valence-electron chi connectivity index (χ3n) is 3.92. The SMILES string of the molecule is CCC[C@H](NC(=O)NCC1(C)CCCCC1)C(=O)O. The number of carbonyl (C=O) groups excluding carboxylic acids is 1. The van der Waals surface area contributed by atoms with Gasteiger partial charge in [0.05, 0.1) is 0 Å². The lowest BCUT2D eigenvalue weighted by molar-refractivity contribution is -0.139. The second-order valence-corrected chi connectivity index (χ2v) is 5.88. The summed E-state index contributed by atoms with van der Waals surface area (Å²) in [6, 6.07) is -1.16. The Bertz CT molecular complexity index is 312. The molecule has 0 radical (unpaired) electrons. The van der Waals surface area contributed by atoms with Gasteiger partial charge >= 0.3 is 12.0 Å². The molecule has 0 unspecified atom stereocenters. The summed E-state index contributed by atoms with van der Waals surface area (Å²) in [5, 5.41) is 14.3. The zero-order valence-electron chi connectivity index (χ0n) is 12.0. The molecule has 0 aromatic heterocycles. The first-order valence-corrected chi connectivity index (χ1v) is 7.24. The zero-order chi connectivity index (χ0) is 14.3. The van der Waals surface area contributed by atoms with Crippen LogP contribution in [0.15, 0.2) is 0 Å². The molecule has 5 nitrogen and oxygen atoms in total. The van der Waals surface area contributed by atoms with E-state index >= 15 is 0 Å². The summed E-state index contributed by atoms with van der Waals surface area (Å²) in [7, 11) is 0. The van der Waals surface area contributed by atoms with Crippen LogP contribution in [0.3, 0.4) is 0 Å². The number of nitrogens with one attached hydrogen (secondary N) is 2. The van der Waals surface area contributed by atoms with Crippen LogP contribution in [0, 0.1) is 5.41 Å². The van der Waals surface area contributed by atoms with Crippen LogP contribution < -0.4 is 10.6 Å². The highest BCUT2D eigenvalue weighted by atomic mass is 16.4. The Balaban J connectivity index is 2.35. The van der Waals surface area contributed by atoms with Gasteiger partial charge in [-0.25, -0.2) is 9.59 Å². The van der Waals surface area contributed by atoms with E-state index in [1.807, 2.05) is 6.92 Å². The number of hydrogen-bond acceptors (Lipinski definition) is 2. The number of aliphatic carboxylic acids is 1. The quantitative estimate of drug-likeness (QED) is 0.694. The molecule has 2 amide bonds. The summed E-state index contributed by atoms with van der Waals surface area (Å²) in [4.78, 5) is 22.7. The highest BCUT2D eigenvalue weighted by molar-refractivity contribution is 5.82. The average Bonchev–Trinajstić information content (AvgIpc) is 2.37. The number of carboxylic acids is 1. The zero-order valence-corrected chi connectivity index (χ0v) is 12.0. The molecule has 1 fully saturated rings. The Morgan fingerprint density at radius 3 is 2.42 bits per heavy atom. The van der Waals surface area contributed by atoms with E-state index in [0.717, 1.165) is 19.3 Å². The predicted molar refractivity (Wildman–Crippen MR) is 74.1 cm³/mol. The fourth-order valence-corrected chi connectivity index (χ4v) is 2.63. The van der Waals surface area contributed by atoms with E-state index < -0.39 is 12.0 Å². The molecule has 5 heteroatoms. The normalized spacial score (nSPS) is 19.5. The van der Waals surface area contributed by atoms with Gasteiger partial charge in [-0.3, -0.25) is 0 Å². The minimum atomic E-state index is -0.971. The topological polar surface area (TPSA) is 78.4 Å². The maximum Gasteiger partial charge on any atom is 0.326 e. The Labute approximate surface area is 115 Å². The lowest BCUT2D eigenvalue weighted by Crippen LogP contribution is -2.48. The van der Waals surface area contributed by atoms with Crippen LogP contribution in [-0.4, -0.2) is 29.7 Å². The second kappa shape index (κ2) is 7.36. The van der Waals surface area contributed by atoms with Gasteiger partial charge < -0.3 is 15.7 Å². The van der Waals surface area contributed by atoms with Crippen molar-refractivity contribution in [3.63, 3.8) is 0 Å². The number of carbonyl (C=O) groups is 2. The van der Waals surface area contributed by atoms with Crippen molar-refractivity contribution in [2.75, 3.05) is 6.54 Å². The van der Waals surface area contributed by atoms with Gasteiger partial charge in [-0.05, 0) is 24.7 Å². The third kappa shape index (κ3) is 5.49. The predicted octanol–water partition coefficient (Wildman–Crippen LogP) is 2.51. The van der Waals surface area contributed by atoms with Crippen molar-refractivity contribution in [2.24, 2.45) is 5.41 Å². The van der Waals surface area contributed by atoms with Gasteiger partial charge in [-0.2, -0.15) is 0 Å². The highest BCUT2D eigenvalue weighted by Gasteiger charge is 2.27. The summed E-state index contributed by atoms with van der Waals surface area (Å²) >= 11 is 0. The number of hydrogen-bond donors (Lipinski definition) is 3. The van der Waals surface area contributed by atoms with Crippen LogP contribution in [0.25, 0.3) is 0 Å². The van der Waals surface area contributed by atoms with Crippen molar-refractivity contribution in [3.8, 4) is 0 Å². The number of amides is 2. The summed E-state index contributed by atoms with van der Waals surface area (Å²) in [6.45, 7) is 4.71. The Kier molecular flexibility index (Phi) is 6.12. The molecular weight excluding hydrogens is 244 g/mol. The van der Waals surface area contributed by atoms with Crippen LogP contribution >= 0.6 is 0 Å². The van der Waals surface area contributed by atoms with Crippen LogP contribution in [0.4, 0.5) is 4.79 Å². The van der Waals surface area contributed by atoms with Crippen LogP contribution in [-0.2, 0) is 4.79 Å². The highest BCUT2D eigenvalue weighted by Crippen LogP contribution is 2.34. The van der Waals surface area contributed by atoms with E-state index in [1.54, 1.807) is 0 Å². The summed E-state index contributed by atoms with van der Waals surface area (Å²) < 4.78 is 0. The van der Waals surface area contributed by atoms with Crippen LogP contribution in [0.2, 0.25) is 0 Å². The molecule has 1 saturated carbocycles. The fourth-order valence-electron chi connectivity index (χ4n) is 2.63. The molecule has 19 heavy (non-hydrogen) atoms. The molecule has 0 bridgehead atoms. The first-order chi connectivity index (χ1) is 8.97. The van der Waals surface area contributed by atoms with Gasteiger partial charge in [0.25, 0.3) is 0 Å². The molecule has 0 aromatic carbocycles. The van der Waals surface area contributed by atoms with E-state index in [0.29, 0.717) is 13.0 Å². The maximum absolute atomic E-state index is 11.7. The number of urea groups is 1. The number of rotatable bonds is 6. The molecule has 1 rings (SSSR count). The molecule has 0 heterocycles.